The molecule has 242 valence electrons. The Balaban J connectivity index is 1.25. The highest BCUT2D eigenvalue weighted by Gasteiger charge is 2.27. The molecule has 0 saturated heterocycles. The Kier molecular flexibility index (Phi) is 10.6. The molecule has 49 heavy (non-hydrogen) atoms. The van der Waals surface area contributed by atoms with Gasteiger partial charge in [0.1, 0.15) is 5.70 Å². The van der Waals surface area contributed by atoms with Gasteiger partial charge in [-0.3, -0.25) is 19.3 Å². The maximum Gasteiger partial charge on any atom is 0.272 e. The highest BCUT2D eigenvalue weighted by molar-refractivity contribution is 8.00. The molecular weight excluding hydrogens is 627 g/mol. The minimum Gasteiger partial charge on any atom is -0.321 e. The van der Waals surface area contributed by atoms with Crippen molar-refractivity contribution in [2.24, 2.45) is 0 Å². The molecule has 0 fully saturated rings. The quantitative estimate of drug-likeness (QED) is 0.107. The van der Waals surface area contributed by atoms with E-state index >= 15 is 0 Å². The Morgan fingerprint density at radius 3 is 1.96 bits per heavy atom. The van der Waals surface area contributed by atoms with Gasteiger partial charge in [-0.1, -0.05) is 110 Å². The molecule has 1 unspecified atom stereocenters. The molecule has 0 saturated carbocycles. The normalized spacial score (nSPS) is 11.8. The number of para-hydroxylation sites is 2. The summed E-state index contributed by atoms with van der Waals surface area (Å²) >= 11 is 1.45. The number of rotatable bonds is 11. The van der Waals surface area contributed by atoms with Crippen LogP contribution in [0, 0.1) is 0 Å². The van der Waals surface area contributed by atoms with Crippen molar-refractivity contribution in [1.82, 2.24) is 5.32 Å². The second kappa shape index (κ2) is 15.8. The molecule has 7 heteroatoms. The molecule has 1 atom stereocenters. The fourth-order valence-electron chi connectivity index (χ4n) is 5.49. The lowest BCUT2D eigenvalue weighted by atomic mass is 10.0. The standard InChI is InChI=1S/C42H35N3O3S/c1-2-39(42(48)45(34-22-8-4-9-23-34)35-24-10-5-11-25-35)49-36-26-15-21-33(29-36)43-41(47)38(44-40(46)31-17-6-3-7-18-31)28-32-20-14-19-30-16-12-13-27-37(30)32/h3-29,39H,2H2,1H3,(H,43,47)(H,44,46)/b38-28-. The van der Waals surface area contributed by atoms with E-state index in [-0.39, 0.29) is 11.6 Å². The molecule has 6 aromatic carbocycles. The van der Waals surface area contributed by atoms with E-state index in [0.717, 1.165) is 32.6 Å². The number of fused-ring (bicyclic) bond motifs is 1. The third-order valence-electron chi connectivity index (χ3n) is 7.92. The van der Waals surface area contributed by atoms with Crippen molar-refractivity contribution in [3.8, 4) is 0 Å². The number of hydrogen-bond donors (Lipinski definition) is 2. The molecule has 0 aliphatic carbocycles. The van der Waals surface area contributed by atoms with Crippen LogP contribution in [0.3, 0.4) is 0 Å². The van der Waals surface area contributed by atoms with Gasteiger partial charge in [0.25, 0.3) is 11.8 Å². The molecule has 0 spiro atoms. The molecule has 0 aliphatic heterocycles. The van der Waals surface area contributed by atoms with Crippen molar-refractivity contribution in [3.05, 3.63) is 175 Å². The lowest BCUT2D eigenvalue weighted by molar-refractivity contribution is -0.117. The van der Waals surface area contributed by atoms with Gasteiger partial charge in [0, 0.05) is 27.5 Å². The highest BCUT2D eigenvalue weighted by atomic mass is 32.2. The van der Waals surface area contributed by atoms with E-state index in [4.69, 9.17) is 0 Å². The molecule has 0 aliphatic rings. The van der Waals surface area contributed by atoms with E-state index in [2.05, 4.69) is 10.6 Å². The Morgan fingerprint density at radius 1 is 0.694 bits per heavy atom. The first-order valence-electron chi connectivity index (χ1n) is 16.1. The van der Waals surface area contributed by atoms with Crippen molar-refractivity contribution in [2.45, 2.75) is 23.5 Å². The van der Waals surface area contributed by atoms with Gasteiger partial charge in [-0.2, -0.15) is 0 Å². The Hall–Kier alpha value is -5.92. The average Bonchev–Trinajstić information content (AvgIpc) is 3.15. The lowest BCUT2D eigenvalue weighted by Crippen LogP contribution is -2.34. The Bertz CT molecular complexity index is 2060. The first kappa shape index (κ1) is 33.0. The summed E-state index contributed by atoms with van der Waals surface area (Å²) in [6.45, 7) is 2.00. The largest absolute Gasteiger partial charge is 0.321 e. The smallest absolute Gasteiger partial charge is 0.272 e. The number of thioether (sulfide) groups is 1. The number of carbonyl (C=O) groups excluding carboxylic acids is 3. The lowest BCUT2D eigenvalue weighted by Gasteiger charge is -2.27. The minimum absolute atomic E-state index is 0.0386. The summed E-state index contributed by atoms with van der Waals surface area (Å²) in [5.74, 6) is -0.901. The number of hydrogen-bond acceptors (Lipinski definition) is 4. The summed E-state index contributed by atoms with van der Waals surface area (Å²) in [4.78, 5) is 43.8. The summed E-state index contributed by atoms with van der Waals surface area (Å²) in [6, 6.07) is 49.2. The van der Waals surface area contributed by atoms with Crippen molar-refractivity contribution < 1.29 is 14.4 Å². The molecule has 0 radical (unpaired) electrons. The molecule has 2 N–H and O–H groups in total. The van der Waals surface area contributed by atoms with E-state index in [0.29, 0.717) is 17.7 Å². The topological polar surface area (TPSA) is 78.5 Å². The van der Waals surface area contributed by atoms with Crippen molar-refractivity contribution in [3.63, 3.8) is 0 Å². The van der Waals surface area contributed by atoms with Gasteiger partial charge < -0.3 is 10.6 Å². The Morgan fingerprint density at radius 2 is 1.29 bits per heavy atom. The summed E-state index contributed by atoms with van der Waals surface area (Å²) in [7, 11) is 0. The fraction of sp³-hybridized carbons (Fsp3) is 0.0714. The molecule has 0 heterocycles. The average molecular weight is 662 g/mol. The summed E-state index contributed by atoms with van der Waals surface area (Å²) in [5.41, 5.74) is 3.47. The van der Waals surface area contributed by atoms with Gasteiger partial charge in [0.15, 0.2) is 0 Å². The molecule has 6 nitrogen and oxygen atoms in total. The van der Waals surface area contributed by atoms with E-state index in [9.17, 15) is 14.4 Å². The fourth-order valence-corrected chi connectivity index (χ4v) is 6.55. The minimum atomic E-state index is -0.471. The number of anilines is 3. The van der Waals surface area contributed by atoms with Crippen LogP contribution in [0.1, 0.15) is 29.3 Å². The van der Waals surface area contributed by atoms with Crippen molar-refractivity contribution in [1.29, 1.82) is 0 Å². The zero-order chi connectivity index (χ0) is 34.0. The molecular formula is C42H35N3O3S. The van der Waals surface area contributed by atoms with Crippen molar-refractivity contribution in [2.75, 3.05) is 10.2 Å². The predicted octanol–water partition coefficient (Wildman–Crippen LogP) is 9.48. The summed E-state index contributed by atoms with van der Waals surface area (Å²) in [5, 5.41) is 7.40. The van der Waals surface area contributed by atoms with Gasteiger partial charge in [0.2, 0.25) is 5.91 Å². The van der Waals surface area contributed by atoms with Crippen LogP contribution >= 0.6 is 11.8 Å². The van der Waals surface area contributed by atoms with Crippen LogP contribution in [0.25, 0.3) is 16.8 Å². The van der Waals surface area contributed by atoms with Gasteiger partial charge in [-0.25, -0.2) is 0 Å². The van der Waals surface area contributed by atoms with E-state index in [1.165, 1.54) is 11.8 Å². The zero-order valence-electron chi connectivity index (χ0n) is 27.0. The van der Waals surface area contributed by atoms with Gasteiger partial charge in [-0.05, 0) is 83.4 Å². The monoisotopic (exact) mass is 661 g/mol. The summed E-state index contributed by atoms with van der Waals surface area (Å²) in [6.07, 6.45) is 2.30. The molecule has 0 bridgehead atoms. The number of benzene rings is 6. The van der Waals surface area contributed by atoms with Crippen molar-refractivity contribution >= 4 is 63.4 Å². The van der Waals surface area contributed by atoms with E-state index < -0.39 is 17.1 Å². The van der Waals surface area contributed by atoms with Gasteiger partial charge in [0.05, 0.1) is 5.25 Å². The van der Waals surface area contributed by atoms with Crippen LogP contribution in [0.5, 0.6) is 0 Å². The second-order valence-corrected chi connectivity index (χ2v) is 12.6. The number of amides is 3. The van der Waals surface area contributed by atoms with Gasteiger partial charge >= 0.3 is 0 Å². The zero-order valence-corrected chi connectivity index (χ0v) is 27.8. The van der Waals surface area contributed by atoms with Gasteiger partial charge in [-0.15, -0.1) is 11.8 Å². The van der Waals surface area contributed by atoms with Crippen LogP contribution in [0.15, 0.2) is 168 Å². The van der Waals surface area contributed by atoms with Crippen LogP contribution in [-0.4, -0.2) is 23.0 Å². The first-order valence-corrected chi connectivity index (χ1v) is 17.0. The Labute approximate surface area is 290 Å². The van der Waals surface area contributed by atoms with E-state index in [1.807, 2.05) is 134 Å². The van der Waals surface area contributed by atoms with Crippen LogP contribution in [-0.2, 0) is 9.59 Å². The third-order valence-corrected chi connectivity index (χ3v) is 9.26. The predicted molar refractivity (Wildman–Crippen MR) is 201 cm³/mol. The van der Waals surface area contributed by atoms with Crippen LogP contribution in [0.2, 0.25) is 0 Å². The molecule has 6 rings (SSSR count). The van der Waals surface area contributed by atoms with E-state index in [1.54, 1.807) is 41.3 Å². The maximum atomic E-state index is 14.1. The molecule has 6 aromatic rings. The maximum absolute atomic E-state index is 14.1. The van der Waals surface area contributed by atoms with Crippen LogP contribution < -0.4 is 15.5 Å². The second-order valence-electron chi connectivity index (χ2n) is 11.3. The molecule has 3 amide bonds. The highest BCUT2D eigenvalue weighted by Crippen LogP contribution is 2.33. The molecule has 0 aromatic heterocycles. The summed E-state index contributed by atoms with van der Waals surface area (Å²) < 4.78 is 0. The third kappa shape index (κ3) is 8.15. The number of nitrogens with zero attached hydrogens (tertiary/aromatic N) is 1. The number of carbonyl (C=O) groups is 3. The first-order chi connectivity index (χ1) is 24.0. The van der Waals surface area contributed by atoms with Crippen LogP contribution in [0.4, 0.5) is 17.1 Å². The number of nitrogens with one attached hydrogen (secondary N) is 2. The SMILES string of the molecule is CCC(Sc1cccc(NC(=O)/C(=C/c2cccc3ccccc23)NC(=O)c2ccccc2)c1)C(=O)N(c1ccccc1)c1ccccc1.